The number of nitrogens with one attached hydrogen (secondary N) is 3. The molecule has 5 rings (SSSR count). The van der Waals surface area contributed by atoms with Crippen LogP contribution >= 0.6 is 0 Å². The van der Waals surface area contributed by atoms with Gasteiger partial charge in [0.15, 0.2) is 0 Å². The lowest BCUT2D eigenvalue weighted by molar-refractivity contribution is -0.131. The molecule has 2 atom stereocenters. The van der Waals surface area contributed by atoms with Gasteiger partial charge in [-0.2, -0.15) is 0 Å². The highest BCUT2D eigenvalue weighted by Gasteiger charge is 2.43. The van der Waals surface area contributed by atoms with E-state index in [2.05, 4.69) is 10.2 Å². The molecule has 2 aromatic rings. The van der Waals surface area contributed by atoms with E-state index < -0.39 is 17.0 Å². The van der Waals surface area contributed by atoms with Crippen molar-refractivity contribution in [2.75, 3.05) is 32.7 Å². The Bertz CT molecular complexity index is 1490. The van der Waals surface area contributed by atoms with Crippen molar-refractivity contribution < 1.29 is 23.5 Å². The Morgan fingerprint density at radius 1 is 1.21 bits per heavy atom. The van der Waals surface area contributed by atoms with E-state index in [1.54, 1.807) is 17.0 Å². The summed E-state index contributed by atoms with van der Waals surface area (Å²) < 4.78 is 27.5. The van der Waals surface area contributed by atoms with E-state index in [1.807, 2.05) is 20.8 Å². The summed E-state index contributed by atoms with van der Waals surface area (Å²) in [5.41, 5.74) is 1.39. The Morgan fingerprint density at radius 2 is 1.98 bits per heavy atom. The molecule has 0 radical (unpaired) electrons. The molecule has 222 valence electrons. The van der Waals surface area contributed by atoms with Crippen LogP contribution in [0.15, 0.2) is 48.2 Å². The van der Waals surface area contributed by atoms with Gasteiger partial charge in [0.2, 0.25) is 5.91 Å². The number of aromatic hydroxyl groups is 1. The van der Waals surface area contributed by atoms with Gasteiger partial charge in [-0.05, 0) is 48.4 Å². The summed E-state index contributed by atoms with van der Waals surface area (Å²) in [5, 5.41) is 30.5. The van der Waals surface area contributed by atoms with Crippen LogP contribution in [-0.2, 0) is 17.8 Å². The number of hydrogen-bond donors (Lipinski definition) is 4. The van der Waals surface area contributed by atoms with Crippen LogP contribution < -0.4 is 5.32 Å². The number of piperazine rings is 1. The van der Waals surface area contributed by atoms with Crippen LogP contribution in [0.4, 0.5) is 8.78 Å². The molecule has 0 bridgehead atoms. The lowest BCUT2D eigenvalue weighted by Crippen LogP contribution is -2.60. The molecule has 2 aromatic carbocycles. The van der Waals surface area contributed by atoms with Crippen molar-refractivity contribution in [3.63, 3.8) is 0 Å². The third kappa shape index (κ3) is 5.98. The van der Waals surface area contributed by atoms with Crippen molar-refractivity contribution in [1.29, 1.82) is 10.8 Å². The lowest BCUT2D eigenvalue weighted by atomic mass is 9.89. The molecule has 2 saturated heterocycles. The Balaban J connectivity index is 1.31. The van der Waals surface area contributed by atoms with Gasteiger partial charge in [0.05, 0.1) is 18.0 Å². The van der Waals surface area contributed by atoms with Gasteiger partial charge in [0, 0.05) is 74.0 Å². The smallest absolute Gasteiger partial charge is 0.254 e. The fraction of sp³-hybridized carbons (Fsp3) is 0.419. The maximum absolute atomic E-state index is 14.2. The number of nitrogens with zero attached hydrogens (tertiary/aromatic N) is 3. The van der Waals surface area contributed by atoms with Gasteiger partial charge in [0.25, 0.3) is 5.91 Å². The third-order valence-corrected chi connectivity index (χ3v) is 8.25. The normalized spacial score (nSPS) is 23.1. The van der Waals surface area contributed by atoms with Crippen LogP contribution in [0.2, 0.25) is 0 Å². The van der Waals surface area contributed by atoms with E-state index in [4.69, 9.17) is 10.8 Å². The number of phenols is 1. The molecule has 2 fully saturated rings. The number of amides is 2. The van der Waals surface area contributed by atoms with Gasteiger partial charge in [-0.25, -0.2) is 8.78 Å². The van der Waals surface area contributed by atoms with Crippen LogP contribution in [0, 0.1) is 27.9 Å². The van der Waals surface area contributed by atoms with Gasteiger partial charge >= 0.3 is 0 Å². The minimum atomic E-state index is -0.747. The third-order valence-electron chi connectivity index (χ3n) is 8.25. The first-order valence-electron chi connectivity index (χ1n) is 14.0. The van der Waals surface area contributed by atoms with Crippen LogP contribution in [0.5, 0.6) is 5.75 Å². The molecule has 42 heavy (non-hydrogen) atoms. The maximum Gasteiger partial charge on any atom is 0.254 e. The number of hydrogen-bond acceptors (Lipinski definition) is 7. The van der Waals surface area contributed by atoms with Crippen LogP contribution in [0.25, 0.3) is 0 Å². The Kier molecular flexibility index (Phi) is 8.00. The molecule has 3 aliphatic rings. The molecule has 2 amide bonds. The van der Waals surface area contributed by atoms with E-state index >= 15 is 0 Å². The largest absolute Gasteiger partial charge is 0.508 e. The number of halogens is 2. The summed E-state index contributed by atoms with van der Waals surface area (Å²) in [6.07, 6.45) is 1.33. The maximum atomic E-state index is 14.2. The van der Waals surface area contributed by atoms with E-state index in [-0.39, 0.29) is 66.1 Å². The summed E-state index contributed by atoms with van der Waals surface area (Å²) in [7, 11) is 0. The number of benzene rings is 2. The molecular formula is C31H36F2N6O3. The van der Waals surface area contributed by atoms with E-state index in [1.165, 1.54) is 23.1 Å². The summed E-state index contributed by atoms with van der Waals surface area (Å²) in [5.74, 6) is -1.66. The number of allylic oxidation sites excluding steroid dienone is 2. The zero-order valence-corrected chi connectivity index (χ0v) is 24.0. The summed E-state index contributed by atoms with van der Waals surface area (Å²) in [6.45, 7) is 8.04. The average Bonchev–Trinajstić information content (AvgIpc) is 3.34. The van der Waals surface area contributed by atoms with E-state index in [9.17, 15) is 23.5 Å². The molecule has 3 aliphatic heterocycles. The number of carbonyl (C=O) groups excluding carboxylic acids is 2. The quantitative estimate of drug-likeness (QED) is 0.376. The first-order valence-corrected chi connectivity index (χ1v) is 14.0. The molecule has 9 nitrogen and oxygen atoms in total. The van der Waals surface area contributed by atoms with Crippen LogP contribution in [0.1, 0.15) is 42.3 Å². The molecule has 0 saturated carbocycles. The number of phenolic OH excluding ortho intramolecular Hbond substituents is 1. The molecule has 4 N–H and O–H groups in total. The number of likely N-dealkylation sites (tertiary alicyclic amines) is 1. The highest BCUT2D eigenvalue weighted by atomic mass is 19.1. The first-order chi connectivity index (χ1) is 19.8. The fourth-order valence-corrected chi connectivity index (χ4v) is 5.93. The standard InChI is InChI=1S/C31H36F2N6O3/c1-18-13-37(23(12-36-18)15-38-14-20-9-24(40)6-7-25(20)30(38)42)16-28(41)39-17-31(2,3)29(35)27(39)11-22(34)8-19-4-5-21(32)10-26(19)33/h4-7,9-11,18,23,34-36,40H,8,12-17H2,1-3H3/b27-11+,34-22?,35-29?/t18-,23-/m1/s1. The van der Waals surface area contributed by atoms with Crippen molar-refractivity contribution >= 4 is 23.2 Å². The molecule has 0 spiro atoms. The minimum Gasteiger partial charge on any atom is -0.508 e. The Morgan fingerprint density at radius 3 is 2.71 bits per heavy atom. The van der Waals surface area contributed by atoms with E-state index in [0.717, 1.165) is 17.7 Å². The van der Waals surface area contributed by atoms with Crippen molar-refractivity contribution in [1.82, 2.24) is 20.0 Å². The van der Waals surface area contributed by atoms with Crippen molar-refractivity contribution in [3.8, 4) is 5.75 Å². The molecule has 0 unspecified atom stereocenters. The highest BCUT2D eigenvalue weighted by molar-refractivity contribution is 6.12. The van der Waals surface area contributed by atoms with Gasteiger partial charge in [-0.15, -0.1) is 0 Å². The Labute approximate surface area is 243 Å². The first kappa shape index (κ1) is 29.5. The predicted molar refractivity (Wildman–Crippen MR) is 155 cm³/mol. The second-order valence-corrected chi connectivity index (χ2v) is 12.1. The van der Waals surface area contributed by atoms with Crippen molar-refractivity contribution in [2.24, 2.45) is 5.41 Å². The minimum absolute atomic E-state index is 0.00239. The summed E-state index contributed by atoms with van der Waals surface area (Å²) in [6, 6.07) is 7.94. The SMILES string of the molecule is C[C@@H]1CN(CC(=O)N2CC(C)(C)C(=N)/C2=C\C(=N)Cc2ccc(F)cc2F)[C@@H](CN2Cc3cc(O)ccc3C2=O)CN1. The highest BCUT2D eigenvalue weighted by Crippen LogP contribution is 2.34. The van der Waals surface area contributed by atoms with Crippen LogP contribution in [0.3, 0.4) is 0 Å². The molecule has 0 aromatic heterocycles. The number of rotatable bonds is 7. The zero-order chi connectivity index (χ0) is 30.3. The molecular weight excluding hydrogens is 542 g/mol. The predicted octanol–water partition coefficient (Wildman–Crippen LogP) is 3.32. The van der Waals surface area contributed by atoms with Gasteiger partial charge in [-0.3, -0.25) is 14.5 Å². The van der Waals surface area contributed by atoms with Gasteiger partial charge < -0.3 is 31.0 Å². The van der Waals surface area contributed by atoms with Gasteiger partial charge in [0.1, 0.15) is 17.4 Å². The molecule has 3 heterocycles. The number of fused-ring (bicyclic) bond motifs is 1. The lowest BCUT2D eigenvalue weighted by Gasteiger charge is -2.41. The second kappa shape index (κ2) is 11.4. The monoisotopic (exact) mass is 578 g/mol. The van der Waals surface area contributed by atoms with Gasteiger partial charge in [-0.1, -0.05) is 19.9 Å². The summed E-state index contributed by atoms with van der Waals surface area (Å²) >= 11 is 0. The summed E-state index contributed by atoms with van der Waals surface area (Å²) in [4.78, 5) is 32.2. The molecule has 11 heteroatoms. The van der Waals surface area contributed by atoms with Crippen molar-refractivity contribution in [3.05, 3.63) is 76.5 Å². The zero-order valence-electron chi connectivity index (χ0n) is 24.0. The Hall–Kier alpha value is -3.96. The molecule has 0 aliphatic carbocycles. The number of carbonyl (C=O) groups is 2. The topological polar surface area (TPSA) is 124 Å². The average molecular weight is 579 g/mol. The van der Waals surface area contributed by atoms with Crippen molar-refractivity contribution in [2.45, 2.75) is 45.8 Å². The van der Waals surface area contributed by atoms with E-state index in [0.29, 0.717) is 37.4 Å². The second-order valence-electron chi connectivity index (χ2n) is 12.1. The van der Waals surface area contributed by atoms with Crippen LogP contribution in [-0.4, -0.2) is 87.9 Å². The fourth-order valence-electron chi connectivity index (χ4n) is 5.93.